The summed E-state index contributed by atoms with van der Waals surface area (Å²) in [6, 6.07) is 8.20. The van der Waals surface area contributed by atoms with Crippen LogP contribution in [0, 0.1) is 11.8 Å². The van der Waals surface area contributed by atoms with Crippen molar-refractivity contribution in [1.29, 1.82) is 0 Å². The van der Waals surface area contributed by atoms with Crippen molar-refractivity contribution in [3.63, 3.8) is 0 Å². The Hall–Kier alpha value is -2.54. The minimum Gasteiger partial charge on any atom is -0.497 e. The van der Waals surface area contributed by atoms with E-state index in [2.05, 4.69) is 22.1 Å². The van der Waals surface area contributed by atoms with Crippen LogP contribution in [0.2, 0.25) is 0 Å². The van der Waals surface area contributed by atoms with Gasteiger partial charge in [-0.2, -0.15) is 0 Å². The van der Waals surface area contributed by atoms with Crippen LogP contribution in [0.3, 0.4) is 0 Å². The molecule has 2 N–H and O–H groups in total. The third-order valence-corrected chi connectivity index (χ3v) is 7.63. The molecule has 3 heterocycles. The summed E-state index contributed by atoms with van der Waals surface area (Å²) in [6.07, 6.45) is 5.31. The van der Waals surface area contributed by atoms with E-state index >= 15 is 0 Å². The van der Waals surface area contributed by atoms with Crippen molar-refractivity contribution >= 4 is 22.7 Å². The third-order valence-electron chi connectivity index (χ3n) is 7.63. The summed E-state index contributed by atoms with van der Waals surface area (Å²) in [4.78, 5) is 33.4. The van der Waals surface area contributed by atoms with E-state index < -0.39 is 0 Å². The molecule has 2 aromatic rings. The molecule has 0 saturated carbocycles. The number of piperidine rings is 1. The zero-order chi connectivity index (χ0) is 23.4. The number of carbonyl (C=O) groups is 2. The molecule has 1 aromatic carbocycles. The van der Waals surface area contributed by atoms with Gasteiger partial charge in [-0.25, -0.2) is 0 Å². The Morgan fingerprint density at radius 3 is 2.55 bits per heavy atom. The Morgan fingerprint density at radius 2 is 1.85 bits per heavy atom. The second kappa shape index (κ2) is 10.6. The number of aromatic nitrogens is 1. The van der Waals surface area contributed by atoms with Crippen LogP contribution in [0.4, 0.5) is 0 Å². The van der Waals surface area contributed by atoms with Gasteiger partial charge in [0.05, 0.1) is 7.11 Å². The smallest absolute Gasteiger partial charge is 0.270 e. The lowest BCUT2D eigenvalue weighted by Gasteiger charge is -2.34. The summed E-state index contributed by atoms with van der Waals surface area (Å²) < 4.78 is 5.27. The van der Waals surface area contributed by atoms with Gasteiger partial charge >= 0.3 is 0 Å². The summed E-state index contributed by atoms with van der Waals surface area (Å²) in [5.41, 5.74) is 1.51. The van der Waals surface area contributed by atoms with Crippen LogP contribution in [-0.2, 0) is 4.79 Å². The average molecular weight is 455 g/mol. The zero-order valence-electron chi connectivity index (χ0n) is 20.2. The summed E-state index contributed by atoms with van der Waals surface area (Å²) in [7, 11) is 1.64. The number of hydrogen-bond donors (Lipinski definition) is 2. The van der Waals surface area contributed by atoms with Crippen LogP contribution >= 0.6 is 0 Å². The van der Waals surface area contributed by atoms with Gasteiger partial charge in [0.1, 0.15) is 11.4 Å². The highest BCUT2D eigenvalue weighted by molar-refractivity contribution is 5.98. The molecule has 4 rings (SSSR count). The van der Waals surface area contributed by atoms with Crippen molar-refractivity contribution < 1.29 is 14.3 Å². The molecular weight excluding hydrogens is 416 g/mol. The highest BCUT2D eigenvalue weighted by atomic mass is 16.5. The molecule has 33 heavy (non-hydrogen) atoms. The molecule has 2 fully saturated rings. The van der Waals surface area contributed by atoms with Gasteiger partial charge in [0.15, 0.2) is 0 Å². The molecule has 0 bridgehead atoms. The number of carbonyl (C=O) groups excluding carboxylic acids is 2. The topological polar surface area (TPSA) is 77.7 Å². The number of hydrogen-bond acceptors (Lipinski definition) is 4. The number of nitrogens with zero attached hydrogens (tertiary/aromatic N) is 2. The lowest BCUT2D eigenvalue weighted by atomic mass is 9.84. The van der Waals surface area contributed by atoms with Gasteiger partial charge in [-0.15, -0.1) is 0 Å². The summed E-state index contributed by atoms with van der Waals surface area (Å²) in [6.45, 7) is 8.79. The van der Waals surface area contributed by atoms with Gasteiger partial charge in [-0.3, -0.25) is 9.59 Å². The standard InChI is InChI=1S/C26H38N4O3/c1-18(29-12-4-5-13-29)8-11-27-25(31)19(2)20-9-14-30(15-10-20)26(32)24-16-21-6-7-22(33-3)17-23(21)28-24/h6-7,16-20,28H,4-5,8-15H2,1-3H3,(H,27,31)/t18-,19+/m1/s1. The maximum absolute atomic E-state index is 13.0. The summed E-state index contributed by atoms with van der Waals surface area (Å²) in [5.74, 6) is 1.23. The largest absolute Gasteiger partial charge is 0.497 e. The molecule has 1 aromatic heterocycles. The normalized spacial score (nSPS) is 19.5. The molecule has 2 aliphatic heterocycles. The number of benzene rings is 1. The SMILES string of the molecule is COc1ccc2cc(C(=O)N3CCC([C@H](C)C(=O)NCC[C@@H](C)N4CCCC4)CC3)[nH]c2c1. The Labute approximate surface area is 196 Å². The first-order valence-corrected chi connectivity index (χ1v) is 12.4. The number of amides is 2. The second-order valence-corrected chi connectivity index (χ2v) is 9.73. The van der Waals surface area contributed by atoms with Gasteiger partial charge in [0.25, 0.3) is 5.91 Å². The quantitative estimate of drug-likeness (QED) is 0.638. The van der Waals surface area contributed by atoms with Crippen LogP contribution in [0.25, 0.3) is 10.9 Å². The third kappa shape index (κ3) is 5.52. The molecule has 7 nitrogen and oxygen atoms in total. The number of fused-ring (bicyclic) bond motifs is 1. The predicted octanol–water partition coefficient (Wildman–Crippen LogP) is 3.66. The number of H-pyrrole nitrogens is 1. The van der Waals surface area contributed by atoms with E-state index in [0.29, 0.717) is 30.7 Å². The average Bonchev–Trinajstić information content (AvgIpc) is 3.52. The molecule has 7 heteroatoms. The van der Waals surface area contributed by atoms with E-state index in [1.165, 1.54) is 25.9 Å². The summed E-state index contributed by atoms with van der Waals surface area (Å²) >= 11 is 0. The van der Waals surface area contributed by atoms with Gasteiger partial charge in [-0.05, 0) is 76.2 Å². The minimum absolute atomic E-state index is 0.0233. The Balaban J connectivity index is 1.23. The minimum atomic E-state index is -0.0233. The Morgan fingerprint density at radius 1 is 1.12 bits per heavy atom. The predicted molar refractivity (Wildman–Crippen MR) is 131 cm³/mol. The highest BCUT2D eigenvalue weighted by Crippen LogP contribution is 2.27. The van der Waals surface area contributed by atoms with Crippen molar-refractivity contribution in [2.45, 2.75) is 52.0 Å². The van der Waals surface area contributed by atoms with Crippen LogP contribution < -0.4 is 10.1 Å². The van der Waals surface area contributed by atoms with Crippen LogP contribution in [-0.4, -0.2) is 72.5 Å². The van der Waals surface area contributed by atoms with Crippen molar-refractivity contribution in [1.82, 2.24) is 20.1 Å². The molecule has 0 radical (unpaired) electrons. The van der Waals surface area contributed by atoms with E-state index in [0.717, 1.165) is 42.5 Å². The van der Waals surface area contributed by atoms with E-state index in [9.17, 15) is 9.59 Å². The van der Waals surface area contributed by atoms with Gasteiger partial charge in [0, 0.05) is 48.6 Å². The fourth-order valence-electron chi connectivity index (χ4n) is 5.27. The number of nitrogens with one attached hydrogen (secondary N) is 2. The number of ether oxygens (including phenoxy) is 1. The van der Waals surface area contributed by atoms with Crippen molar-refractivity contribution in [2.75, 3.05) is 39.8 Å². The first kappa shape index (κ1) is 23.6. The molecule has 0 aliphatic carbocycles. The molecule has 180 valence electrons. The Bertz CT molecular complexity index is 958. The number of likely N-dealkylation sites (tertiary alicyclic amines) is 2. The second-order valence-electron chi connectivity index (χ2n) is 9.73. The van der Waals surface area contributed by atoms with Crippen molar-refractivity contribution in [2.24, 2.45) is 11.8 Å². The first-order chi connectivity index (χ1) is 16.0. The van der Waals surface area contributed by atoms with Gasteiger partial charge < -0.3 is 24.8 Å². The monoisotopic (exact) mass is 454 g/mol. The lowest BCUT2D eigenvalue weighted by Crippen LogP contribution is -2.43. The molecule has 2 atom stereocenters. The maximum atomic E-state index is 13.0. The first-order valence-electron chi connectivity index (χ1n) is 12.4. The van der Waals surface area contributed by atoms with Gasteiger partial charge in [-0.1, -0.05) is 6.92 Å². The number of rotatable bonds is 8. The van der Waals surface area contributed by atoms with E-state index in [1.54, 1.807) is 7.11 Å². The fraction of sp³-hybridized carbons (Fsp3) is 0.615. The van der Waals surface area contributed by atoms with Crippen molar-refractivity contribution in [3.8, 4) is 5.75 Å². The number of methoxy groups -OCH3 is 1. The molecule has 0 spiro atoms. The van der Waals surface area contributed by atoms with Crippen molar-refractivity contribution in [3.05, 3.63) is 30.0 Å². The van der Waals surface area contributed by atoms with Crippen LogP contribution in [0.1, 0.15) is 56.4 Å². The van der Waals surface area contributed by atoms with Gasteiger partial charge in [0.2, 0.25) is 5.91 Å². The fourth-order valence-corrected chi connectivity index (χ4v) is 5.27. The highest BCUT2D eigenvalue weighted by Gasteiger charge is 2.30. The number of aromatic amines is 1. The van der Waals surface area contributed by atoms with E-state index in [4.69, 9.17) is 4.74 Å². The van der Waals surface area contributed by atoms with Crippen LogP contribution in [0.15, 0.2) is 24.3 Å². The van der Waals surface area contributed by atoms with Crippen LogP contribution in [0.5, 0.6) is 5.75 Å². The van der Waals surface area contributed by atoms with E-state index in [1.807, 2.05) is 36.1 Å². The summed E-state index contributed by atoms with van der Waals surface area (Å²) in [5, 5.41) is 4.16. The zero-order valence-corrected chi connectivity index (χ0v) is 20.2. The maximum Gasteiger partial charge on any atom is 0.270 e. The molecule has 2 saturated heterocycles. The Kier molecular flexibility index (Phi) is 7.58. The molecule has 2 amide bonds. The lowest BCUT2D eigenvalue weighted by molar-refractivity contribution is -0.126. The molecular formula is C26H38N4O3. The van der Waals surface area contributed by atoms with E-state index in [-0.39, 0.29) is 17.7 Å². The molecule has 2 aliphatic rings. The molecule has 0 unspecified atom stereocenters.